The van der Waals surface area contributed by atoms with Crippen LogP contribution in [0.1, 0.15) is 39.3 Å². The Labute approximate surface area is 193 Å². The van der Waals surface area contributed by atoms with Crippen LogP contribution in [0.3, 0.4) is 0 Å². The highest BCUT2D eigenvalue weighted by molar-refractivity contribution is 6.08. The molecule has 1 heterocycles. The number of fused-ring (bicyclic) bond motifs is 3. The Balaban J connectivity index is 1.77. The van der Waals surface area contributed by atoms with Crippen molar-refractivity contribution in [3.8, 4) is 11.1 Å². The molecule has 0 bridgehead atoms. The molecule has 1 aliphatic rings. The van der Waals surface area contributed by atoms with Gasteiger partial charge in [-0.3, -0.25) is 19.2 Å². The van der Waals surface area contributed by atoms with E-state index in [4.69, 9.17) is 4.74 Å². The highest BCUT2D eigenvalue weighted by atomic mass is 16.6. The summed E-state index contributed by atoms with van der Waals surface area (Å²) in [4.78, 5) is 52.0. The molecule has 0 spiro atoms. The summed E-state index contributed by atoms with van der Waals surface area (Å²) >= 11 is 0. The van der Waals surface area contributed by atoms with E-state index < -0.39 is 35.3 Å². The Hall–Kier alpha value is -3.68. The van der Waals surface area contributed by atoms with Gasteiger partial charge in [0.25, 0.3) is 5.91 Å². The number of anilines is 1. The lowest BCUT2D eigenvalue weighted by Gasteiger charge is -2.24. The number of rotatable bonds is 5. The molecule has 3 rings (SSSR count). The molecule has 2 aromatic carbocycles. The molecule has 0 radical (unpaired) electrons. The molecule has 33 heavy (non-hydrogen) atoms. The molecule has 2 unspecified atom stereocenters. The number of esters is 1. The van der Waals surface area contributed by atoms with E-state index >= 15 is 0 Å². The first-order valence-corrected chi connectivity index (χ1v) is 10.8. The molecule has 174 valence electrons. The number of carbonyl (C=O) groups excluding carboxylic acids is 4. The smallest absolute Gasteiger partial charge is 0.325 e. The standard InChI is InChI=1S/C25H29N3O5/c1-15(22(30)26-14-20(29)33-25(2,3)4)23(31)27-21-18-12-7-6-10-16(18)17-11-8-9-13-19(17)28(5)24(21)32/h6-13,15,21H,14H2,1-5H3,(H,26,30)(H,27,31). The number of hydrogen-bond acceptors (Lipinski definition) is 5. The second-order valence-corrected chi connectivity index (χ2v) is 8.97. The molecule has 0 saturated carbocycles. The van der Waals surface area contributed by atoms with Crippen LogP contribution in [0.5, 0.6) is 0 Å². The Morgan fingerprint density at radius 2 is 1.61 bits per heavy atom. The number of carbonyl (C=O) groups is 4. The van der Waals surface area contributed by atoms with Crippen LogP contribution in [-0.4, -0.2) is 42.9 Å². The maximum absolute atomic E-state index is 13.3. The number of hydrogen-bond donors (Lipinski definition) is 2. The van der Waals surface area contributed by atoms with E-state index in [1.165, 1.54) is 11.8 Å². The minimum absolute atomic E-state index is 0.317. The van der Waals surface area contributed by atoms with Crippen LogP contribution in [0.4, 0.5) is 5.69 Å². The zero-order valence-electron chi connectivity index (χ0n) is 19.5. The number of nitrogens with zero attached hydrogens (tertiary/aromatic N) is 1. The summed E-state index contributed by atoms with van der Waals surface area (Å²) in [5.74, 6) is -3.30. The number of benzene rings is 2. The van der Waals surface area contributed by atoms with Crippen LogP contribution < -0.4 is 15.5 Å². The summed E-state index contributed by atoms with van der Waals surface area (Å²) in [6.07, 6.45) is 0. The predicted octanol–water partition coefficient (Wildman–Crippen LogP) is 2.58. The van der Waals surface area contributed by atoms with Crippen molar-refractivity contribution in [2.24, 2.45) is 5.92 Å². The zero-order valence-corrected chi connectivity index (χ0v) is 19.5. The maximum atomic E-state index is 13.3. The maximum Gasteiger partial charge on any atom is 0.325 e. The molecule has 2 aromatic rings. The molecule has 2 N–H and O–H groups in total. The van der Waals surface area contributed by atoms with Gasteiger partial charge in [-0.15, -0.1) is 0 Å². The highest BCUT2D eigenvalue weighted by Gasteiger charge is 2.35. The van der Waals surface area contributed by atoms with Crippen molar-refractivity contribution in [1.29, 1.82) is 0 Å². The van der Waals surface area contributed by atoms with Gasteiger partial charge >= 0.3 is 5.97 Å². The van der Waals surface area contributed by atoms with E-state index in [1.54, 1.807) is 40.0 Å². The minimum Gasteiger partial charge on any atom is -0.459 e. The third-order valence-corrected chi connectivity index (χ3v) is 5.31. The molecule has 0 saturated heterocycles. The molecular formula is C25H29N3O5. The average molecular weight is 452 g/mol. The third-order valence-electron chi connectivity index (χ3n) is 5.31. The SMILES string of the molecule is CC(C(=O)NCC(=O)OC(C)(C)C)C(=O)NC1C(=O)N(C)c2ccccc2-c2ccccc21. The zero-order chi connectivity index (χ0) is 24.3. The summed E-state index contributed by atoms with van der Waals surface area (Å²) in [6, 6.07) is 13.9. The molecule has 8 heteroatoms. The molecule has 0 aliphatic carbocycles. The fourth-order valence-electron chi connectivity index (χ4n) is 3.65. The monoisotopic (exact) mass is 451 g/mol. The lowest BCUT2D eigenvalue weighted by molar-refractivity contribution is -0.155. The van der Waals surface area contributed by atoms with Gasteiger partial charge in [0, 0.05) is 12.6 Å². The van der Waals surface area contributed by atoms with Crippen molar-refractivity contribution in [2.45, 2.75) is 39.3 Å². The fraction of sp³-hybridized carbons (Fsp3) is 0.360. The summed E-state index contributed by atoms with van der Waals surface area (Å²) in [5, 5.41) is 5.15. The van der Waals surface area contributed by atoms with Gasteiger partial charge in [-0.25, -0.2) is 0 Å². The Kier molecular flexibility index (Phi) is 6.86. The Morgan fingerprint density at radius 1 is 1.00 bits per heavy atom. The van der Waals surface area contributed by atoms with Gasteiger partial charge < -0.3 is 20.3 Å². The molecule has 1 aliphatic heterocycles. The first kappa shape index (κ1) is 24.0. The molecule has 3 amide bonds. The Bertz CT molecular complexity index is 1090. The number of likely N-dealkylation sites (N-methyl/N-ethyl adjacent to an activating group) is 1. The van der Waals surface area contributed by atoms with Gasteiger partial charge in [0.05, 0.1) is 5.69 Å². The summed E-state index contributed by atoms with van der Waals surface area (Å²) < 4.78 is 5.16. The second kappa shape index (κ2) is 9.44. The number of para-hydroxylation sites is 1. The average Bonchev–Trinajstić information content (AvgIpc) is 2.85. The van der Waals surface area contributed by atoms with Crippen LogP contribution in [0, 0.1) is 5.92 Å². The van der Waals surface area contributed by atoms with Gasteiger partial charge in [0.2, 0.25) is 11.8 Å². The van der Waals surface area contributed by atoms with Gasteiger partial charge in [0.15, 0.2) is 0 Å². The first-order valence-electron chi connectivity index (χ1n) is 10.8. The van der Waals surface area contributed by atoms with Crippen molar-refractivity contribution in [3.63, 3.8) is 0 Å². The number of amides is 3. The highest BCUT2D eigenvalue weighted by Crippen LogP contribution is 2.39. The van der Waals surface area contributed by atoms with Crippen molar-refractivity contribution >= 4 is 29.4 Å². The van der Waals surface area contributed by atoms with E-state index in [0.717, 1.165) is 16.8 Å². The normalized spacial score (nSPS) is 16.1. The summed E-state index contributed by atoms with van der Waals surface area (Å²) in [7, 11) is 1.66. The van der Waals surface area contributed by atoms with Crippen LogP contribution in [0.25, 0.3) is 11.1 Å². The van der Waals surface area contributed by atoms with Gasteiger partial charge in [-0.1, -0.05) is 42.5 Å². The quantitative estimate of drug-likeness (QED) is 0.537. The largest absolute Gasteiger partial charge is 0.459 e. The van der Waals surface area contributed by atoms with Crippen molar-refractivity contribution in [3.05, 3.63) is 54.1 Å². The topological polar surface area (TPSA) is 105 Å². The van der Waals surface area contributed by atoms with Gasteiger partial charge in [0.1, 0.15) is 24.1 Å². The Morgan fingerprint density at radius 3 is 2.27 bits per heavy atom. The predicted molar refractivity (Wildman–Crippen MR) is 124 cm³/mol. The van der Waals surface area contributed by atoms with Crippen molar-refractivity contribution in [2.75, 3.05) is 18.5 Å². The molecule has 0 fully saturated rings. The van der Waals surface area contributed by atoms with Gasteiger partial charge in [-0.05, 0) is 44.9 Å². The van der Waals surface area contributed by atoms with E-state index in [2.05, 4.69) is 10.6 Å². The van der Waals surface area contributed by atoms with Crippen LogP contribution >= 0.6 is 0 Å². The van der Waals surface area contributed by atoms with Crippen molar-refractivity contribution < 1.29 is 23.9 Å². The number of ether oxygens (including phenoxy) is 1. The molecular weight excluding hydrogens is 422 g/mol. The lowest BCUT2D eigenvalue weighted by atomic mass is 9.95. The fourth-order valence-corrected chi connectivity index (χ4v) is 3.65. The molecule has 0 aromatic heterocycles. The first-order chi connectivity index (χ1) is 15.5. The molecule has 8 nitrogen and oxygen atoms in total. The number of nitrogens with one attached hydrogen (secondary N) is 2. The third kappa shape index (κ3) is 5.39. The van der Waals surface area contributed by atoms with Crippen LogP contribution in [0.15, 0.2) is 48.5 Å². The van der Waals surface area contributed by atoms with E-state index in [0.29, 0.717) is 5.56 Å². The summed E-state index contributed by atoms with van der Waals surface area (Å²) in [6.45, 7) is 6.24. The minimum atomic E-state index is -1.12. The van der Waals surface area contributed by atoms with Crippen LogP contribution in [0.2, 0.25) is 0 Å². The van der Waals surface area contributed by atoms with E-state index in [1.807, 2.05) is 36.4 Å². The lowest BCUT2D eigenvalue weighted by Crippen LogP contribution is -2.46. The van der Waals surface area contributed by atoms with Crippen molar-refractivity contribution in [1.82, 2.24) is 10.6 Å². The van der Waals surface area contributed by atoms with E-state index in [-0.39, 0.29) is 12.5 Å². The summed E-state index contributed by atoms with van der Waals surface area (Å²) in [5.41, 5.74) is 2.41. The molecule has 2 atom stereocenters. The van der Waals surface area contributed by atoms with E-state index in [9.17, 15) is 19.2 Å². The second-order valence-electron chi connectivity index (χ2n) is 8.97. The van der Waals surface area contributed by atoms with Crippen LogP contribution in [-0.2, 0) is 23.9 Å². The van der Waals surface area contributed by atoms with Gasteiger partial charge in [-0.2, -0.15) is 0 Å².